The molecular weight excluding hydrogens is 420 g/mol. The van der Waals surface area contributed by atoms with Crippen LogP contribution >= 0.6 is 0 Å². The van der Waals surface area contributed by atoms with Crippen LogP contribution in [-0.4, -0.2) is 55.8 Å². The summed E-state index contributed by atoms with van der Waals surface area (Å²) in [5.74, 6) is 3.01. The second kappa shape index (κ2) is 9.17. The fourth-order valence-corrected chi connectivity index (χ4v) is 4.60. The summed E-state index contributed by atoms with van der Waals surface area (Å²) < 4.78 is 22.4. The maximum absolute atomic E-state index is 12.9. The SMILES string of the molecule is COc1ccc2cnc(C3CCCN(C(=O)COc4ccc5c(c4)OCCO5)C3)cc2c1C. The number of piperidine rings is 1. The molecule has 0 N–H and O–H groups in total. The van der Waals surface area contributed by atoms with Crippen molar-refractivity contribution in [1.29, 1.82) is 0 Å². The Morgan fingerprint density at radius 3 is 2.85 bits per heavy atom. The summed E-state index contributed by atoms with van der Waals surface area (Å²) in [6, 6.07) is 11.5. The van der Waals surface area contributed by atoms with Crippen LogP contribution in [0.2, 0.25) is 0 Å². The summed E-state index contributed by atoms with van der Waals surface area (Å²) in [5.41, 5.74) is 2.12. The number of pyridine rings is 1. The van der Waals surface area contributed by atoms with Crippen LogP contribution in [0.4, 0.5) is 0 Å². The van der Waals surface area contributed by atoms with Gasteiger partial charge in [0.15, 0.2) is 18.1 Å². The van der Waals surface area contributed by atoms with Crippen LogP contribution in [0, 0.1) is 6.92 Å². The first kappa shape index (κ1) is 21.4. The van der Waals surface area contributed by atoms with E-state index in [0.717, 1.165) is 47.2 Å². The summed E-state index contributed by atoms with van der Waals surface area (Å²) >= 11 is 0. The van der Waals surface area contributed by atoms with Crippen LogP contribution in [0.25, 0.3) is 10.8 Å². The number of methoxy groups -OCH3 is 1. The molecule has 1 fully saturated rings. The maximum atomic E-state index is 12.9. The molecule has 3 aromatic rings. The first-order valence-corrected chi connectivity index (χ1v) is 11.4. The molecule has 7 heteroatoms. The fraction of sp³-hybridized carbons (Fsp3) is 0.385. The van der Waals surface area contributed by atoms with E-state index < -0.39 is 0 Å². The summed E-state index contributed by atoms with van der Waals surface area (Å²) in [6.45, 7) is 4.50. The van der Waals surface area contributed by atoms with Crippen LogP contribution in [0.1, 0.15) is 30.0 Å². The van der Waals surface area contributed by atoms with E-state index in [2.05, 4.69) is 13.0 Å². The molecule has 0 bridgehead atoms. The molecule has 1 aromatic heterocycles. The van der Waals surface area contributed by atoms with Crippen molar-refractivity contribution in [2.75, 3.05) is 40.0 Å². The average Bonchev–Trinajstić information content (AvgIpc) is 2.87. The molecule has 172 valence electrons. The van der Waals surface area contributed by atoms with E-state index in [1.807, 2.05) is 29.3 Å². The third-order valence-electron chi connectivity index (χ3n) is 6.43. The Morgan fingerprint density at radius 1 is 1.15 bits per heavy atom. The molecular formula is C26H28N2O5. The van der Waals surface area contributed by atoms with Crippen LogP contribution in [0.15, 0.2) is 42.6 Å². The normalized spacial score (nSPS) is 17.6. The molecule has 3 heterocycles. The Kier molecular flexibility index (Phi) is 5.94. The highest BCUT2D eigenvalue weighted by Gasteiger charge is 2.26. The number of hydrogen-bond donors (Lipinski definition) is 0. The number of amides is 1. The number of aromatic nitrogens is 1. The van der Waals surface area contributed by atoms with Crippen LogP contribution in [0.3, 0.4) is 0 Å². The summed E-state index contributed by atoms with van der Waals surface area (Å²) in [6.07, 6.45) is 3.87. The van der Waals surface area contributed by atoms with Crippen molar-refractivity contribution in [2.24, 2.45) is 0 Å². The Hall–Kier alpha value is -3.48. The van der Waals surface area contributed by atoms with Crippen LogP contribution in [-0.2, 0) is 4.79 Å². The topological polar surface area (TPSA) is 70.1 Å². The van der Waals surface area contributed by atoms with Gasteiger partial charge in [0.25, 0.3) is 5.91 Å². The lowest BCUT2D eigenvalue weighted by atomic mass is 9.92. The highest BCUT2D eigenvalue weighted by atomic mass is 16.6. The van der Waals surface area contributed by atoms with Gasteiger partial charge in [0, 0.05) is 42.4 Å². The van der Waals surface area contributed by atoms with Crippen molar-refractivity contribution in [1.82, 2.24) is 9.88 Å². The van der Waals surface area contributed by atoms with E-state index in [4.69, 9.17) is 23.9 Å². The molecule has 0 spiro atoms. The predicted octanol–water partition coefficient (Wildman–Crippen LogP) is 4.11. The third kappa shape index (κ3) is 4.40. The van der Waals surface area contributed by atoms with Gasteiger partial charge in [0.1, 0.15) is 24.7 Å². The lowest BCUT2D eigenvalue weighted by Gasteiger charge is -2.32. The van der Waals surface area contributed by atoms with Gasteiger partial charge in [-0.15, -0.1) is 0 Å². The predicted molar refractivity (Wildman–Crippen MR) is 125 cm³/mol. The third-order valence-corrected chi connectivity index (χ3v) is 6.43. The Balaban J connectivity index is 1.25. The van der Waals surface area contributed by atoms with E-state index in [9.17, 15) is 4.79 Å². The number of fused-ring (bicyclic) bond motifs is 2. The Bertz CT molecular complexity index is 1180. The smallest absolute Gasteiger partial charge is 0.260 e. The van der Waals surface area contributed by atoms with Gasteiger partial charge in [0.05, 0.1) is 7.11 Å². The monoisotopic (exact) mass is 448 g/mol. The number of rotatable bonds is 5. The second-order valence-electron chi connectivity index (χ2n) is 8.50. The van der Waals surface area contributed by atoms with Crippen molar-refractivity contribution in [3.63, 3.8) is 0 Å². The number of benzene rings is 2. The van der Waals surface area contributed by atoms with E-state index >= 15 is 0 Å². The summed E-state index contributed by atoms with van der Waals surface area (Å²) in [7, 11) is 1.69. The minimum Gasteiger partial charge on any atom is -0.496 e. The van der Waals surface area contributed by atoms with Crippen molar-refractivity contribution < 1.29 is 23.7 Å². The molecule has 33 heavy (non-hydrogen) atoms. The molecule has 2 aromatic carbocycles. The number of ether oxygens (including phenoxy) is 4. The quantitative estimate of drug-likeness (QED) is 0.585. The molecule has 1 atom stereocenters. The zero-order valence-electron chi connectivity index (χ0n) is 19.0. The van der Waals surface area contributed by atoms with Gasteiger partial charge in [-0.2, -0.15) is 0 Å². The molecule has 0 aliphatic carbocycles. The van der Waals surface area contributed by atoms with Gasteiger partial charge in [-0.1, -0.05) is 0 Å². The maximum Gasteiger partial charge on any atom is 0.260 e. The highest BCUT2D eigenvalue weighted by Crippen LogP contribution is 2.34. The van der Waals surface area contributed by atoms with E-state index in [-0.39, 0.29) is 18.4 Å². The van der Waals surface area contributed by atoms with Crippen LogP contribution < -0.4 is 18.9 Å². The average molecular weight is 449 g/mol. The van der Waals surface area contributed by atoms with Crippen molar-refractivity contribution >= 4 is 16.7 Å². The fourth-order valence-electron chi connectivity index (χ4n) is 4.60. The van der Waals surface area contributed by atoms with Gasteiger partial charge in [-0.3, -0.25) is 9.78 Å². The van der Waals surface area contributed by atoms with Gasteiger partial charge in [0.2, 0.25) is 0 Å². The second-order valence-corrected chi connectivity index (χ2v) is 8.50. The lowest BCUT2D eigenvalue weighted by molar-refractivity contribution is -0.134. The number of likely N-dealkylation sites (tertiary alicyclic amines) is 1. The first-order valence-electron chi connectivity index (χ1n) is 11.4. The van der Waals surface area contributed by atoms with E-state index in [0.29, 0.717) is 37.0 Å². The van der Waals surface area contributed by atoms with Crippen molar-refractivity contribution in [3.05, 3.63) is 53.9 Å². The summed E-state index contributed by atoms with van der Waals surface area (Å²) in [5, 5.41) is 2.23. The zero-order chi connectivity index (χ0) is 22.8. The van der Waals surface area contributed by atoms with Gasteiger partial charge in [-0.25, -0.2) is 0 Å². The Labute approximate surface area is 193 Å². The molecule has 1 amide bonds. The zero-order valence-corrected chi connectivity index (χ0v) is 19.0. The molecule has 0 radical (unpaired) electrons. The van der Waals surface area contributed by atoms with Gasteiger partial charge >= 0.3 is 0 Å². The van der Waals surface area contributed by atoms with Crippen molar-refractivity contribution in [2.45, 2.75) is 25.7 Å². The van der Waals surface area contributed by atoms with Gasteiger partial charge < -0.3 is 23.8 Å². The van der Waals surface area contributed by atoms with Crippen molar-refractivity contribution in [3.8, 4) is 23.0 Å². The molecule has 5 rings (SSSR count). The molecule has 1 unspecified atom stereocenters. The van der Waals surface area contributed by atoms with Crippen LogP contribution in [0.5, 0.6) is 23.0 Å². The van der Waals surface area contributed by atoms with Gasteiger partial charge in [-0.05, 0) is 61.0 Å². The first-order chi connectivity index (χ1) is 16.1. The minimum atomic E-state index is -0.0202. The molecule has 0 saturated carbocycles. The van der Waals surface area contributed by atoms with E-state index in [1.54, 1.807) is 19.2 Å². The number of hydrogen-bond acceptors (Lipinski definition) is 6. The number of aryl methyl sites for hydroxylation is 1. The molecule has 2 aliphatic heterocycles. The molecule has 1 saturated heterocycles. The molecule has 2 aliphatic rings. The highest BCUT2D eigenvalue weighted by molar-refractivity contribution is 5.87. The minimum absolute atomic E-state index is 0.00613. The largest absolute Gasteiger partial charge is 0.496 e. The van der Waals surface area contributed by atoms with E-state index in [1.165, 1.54) is 0 Å². The standard InChI is InChI=1S/C26H28N2O5/c1-17-21-13-22(27-14-18(21)5-7-23(17)30-2)19-4-3-9-28(15-19)26(29)16-33-20-6-8-24-25(12-20)32-11-10-31-24/h5-8,12-14,19H,3-4,9-11,15-16H2,1-2H3. The number of nitrogens with zero attached hydrogens (tertiary/aromatic N) is 2. The molecule has 7 nitrogen and oxygen atoms in total. The Morgan fingerprint density at radius 2 is 2.00 bits per heavy atom. The summed E-state index contributed by atoms with van der Waals surface area (Å²) in [4.78, 5) is 19.5. The number of carbonyl (C=O) groups is 1. The lowest BCUT2D eigenvalue weighted by Crippen LogP contribution is -2.41. The number of carbonyl (C=O) groups excluding carboxylic acids is 1.